The van der Waals surface area contributed by atoms with Gasteiger partial charge in [-0.15, -0.1) is 0 Å². The van der Waals surface area contributed by atoms with E-state index in [-0.39, 0.29) is 0 Å². The van der Waals surface area contributed by atoms with Gasteiger partial charge in [0.1, 0.15) is 11.2 Å². The predicted octanol–water partition coefficient (Wildman–Crippen LogP) is 14.4. The van der Waals surface area contributed by atoms with Crippen LogP contribution in [0.5, 0.6) is 0 Å². The summed E-state index contributed by atoms with van der Waals surface area (Å²) in [5.74, 6) is 0.410. The highest BCUT2D eigenvalue weighted by Crippen LogP contribution is 2.42. The Morgan fingerprint density at radius 1 is 0.509 bits per heavy atom. The van der Waals surface area contributed by atoms with Gasteiger partial charge in [0.15, 0.2) is 0 Å². The van der Waals surface area contributed by atoms with Gasteiger partial charge < -0.3 is 13.9 Å². The predicted molar refractivity (Wildman–Crippen MR) is 231 cm³/mol. The number of aromatic nitrogens is 1. The first kappa shape index (κ1) is 31.4. The van der Waals surface area contributed by atoms with E-state index in [4.69, 9.17) is 4.42 Å². The molecule has 1 atom stereocenters. The molecule has 10 aromatic rings. The number of fused-ring (bicyclic) bond motifs is 8. The zero-order chi connectivity index (χ0) is 36.3. The largest absolute Gasteiger partial charge is 0.455 e. The second kappa shape index (κ2) is 12.8. The maximum absolute atomic E-state index is 6.70. The van der Waals surface area contributed by atoms with Crippen LogP contribution in [-0.4, -0.2) is 4.57 Å². The molecule has 8 aromatic carbocycles. The van der Waals surface area contributed by atoms with Crippen molar-refractivity contribution in [2.45, 2.75) is 12.3 Å². The van der Waals surface area contributed by atoms with Gasteiger partial charge in [-0.05, 0) is 89.2 Å². The third kappa shape index (κ3) is 5.27. The number of allylic oxidation sites excluding steroid dienone is 4. The van der Waals surface area contributed by atoms with Crippen molar-refractivity contribution < 1.29 is 4.42 Å². The van der Waals surface area contributed by atoms with Crippen LogP contribution < -0.4 is 4.90 Å². The van der Waals surface area contributed by atoms with Gasteiger partial charge >= 0.3 is 0 Å². The second-order valence-electron chi connectivity index (χ2n) is 14.5. The molecule has 2 aromatic heterocycles. The van der Waals surface area contributed by atoms with Gasteiger partial charge in [0.05, 0.1) is 11.0 Å². The molecule has 0 saturated heterocycles. The minimum atomic E-state index is 0.410. The van der Waals surface area contributed by atoms with Gasteiger partial charge in [0, 0.05) is 61.7 Å². The number of nitrogens with zero attached hydrogens (tertiary/aromatic N) is 2. The van der Waals surface area contributed by atoms with E-state index in [1.165, 1.54) is 43.9 Å². The maximum Gasteiger partial charge on any atom is 0.143 e. The first-order valence-electron chi connectivity index (χ1n) is 19.0. The molecule has 3 heteroatoms. The molecular formula is C52H36N2O. The Morgan fingerprint density at radius 2 is 1.18 bits per heavy atom. The summed E-state index contributed by atoms with van der Waals surface area (Å²) < 4.78 is 9.08. The molecule has 0 bridgehead atoms. The Morgan fingerprint density at radius 3 is 1.95 bits per heavy atom. The molecule has 0 aliphatic heterocycles. The SMILES string of the molecule is C1=CC(c2ccccc2)CC=C1c1ccc(N(c2cccc(-n3c4ccccc4c4ccccc43)c2)c2ccc3c(c2)oc2c4ccccc4ccc32)cc1. The molecule has 1 aliphatic rings. The average molecular weight is 705 g/mol. The van der Waals surface area contributed by atoms with Crippen LogP contribution in [0.3, 0.4) is 0 Å². The summed E-state index contributed by atoms with van der Waals surface area (Å²) in [7, 11) is 0. The minimum absolute atomic E-state index is 0.410. The van der Waals surface area contributed by atoms with E-state index in [0.717, 1.165) is 56.5 Å². The highest BCUT2D eigenvalue weighted by Gasteiger charge is 2.19. The lowest BCUT2D eigenvalue weighted by molar-refractivity contribution is 0.672. The molecule has 0 spiro atoms. The molecule has 1 aliphatic carbocycles. The number of para-hydroxylation sites is 2. The van der Waals surface area contributed by atoms with Crippen LogP contribution in [0.2, 0.25) is 0 Å². The average Bonchev–Trinajstić information content (AvgIpc) is 3.80. The van der Waals surface area contributed by atoms with E-state index in [2.05, 4.69) is 210 Å². The number of anilines is 3. The zero-order valence-corrected chi connectivity index (χ0v) is 30.1. The molecular weight excluding hydrogens is 669 g/mol. The normalized spacial score (nSPS) is 14.3. The first-order chi connectivity index (χ1) is 27.3. The maximum atomic E-state index is 6.70. The third-order valence-electron chi connectivity index (χ3n) is 11.3. The monoisotopic (exact) mass is 704 g/mol. The summed E-state index contributed by atoms with van der Waals surface area (Å²) in [6.45, 7) is 0. The summed E-state index contributed by atoms with van der Waals surface area (Å²) in [6, 6.07) is 65.5. The van der Waals surface area contributed by atoms with Crippen LogP contribution in [0.15, 0.2) is 205 Å². The molecule has 55 heavy (non-hydrogen) atoms. The lowest BCUT2D eigenvalue weighted by Gasteiger charge is -2.26. The molecule has 0 fully saturated rings. The molecule has 260 valence electrons. The van der Waals surface area contributed by atoms with E-state index in [9.17, 15) is 0 Å². The highest BCUT2D eigenvalue weighted by molar-refractivity contribution is 6.15. The van der Waals surface area contributed by atoms with Gasteiger partial charge in [0.25, 0.3) is 0 Å². The van der Waals surface area contributed by atoms with Crippen molar-refractivity contribution in [3.8, 4) is 5.69 Å². The van der Waals surface area contributed by atoms with Crippen molar-refractivity contribution in [2.24, 2.45) is 0 Å². The Labute approximate surface area is 319 Å². The van der Waals surface area contributed by atoms with Crippen LogP contribution in [0, 0.1) is 0 Å². The molecule has 0 N–H and O–H groups in total. The van der Waals surface area contributed by atoms with Gasteiger partial charge in [-0.25, -0.2) is 0 Å². The fourth-order valence-electron chi connectivity index (χ4n) is 8.64. The highest BCUT2D eigenvalue weighted by atomic mass is 16.3. The fraction of sp³-hybridized carbons (Fsp3) is 0.0385. The van der Waals surface area contributed by atoms with Gasteiger partial charge in [-0.2, -0.15) is 0 Å². The van der Waals surface area contributed by atoms with Crippen molar-refractivity contribution in [1.82, 2.24) is 4.57 Å². The summed E-state index contributed by atoms with van der Waals surface area (Å²) in [4.78, 5) is 2.35. The van der Waals surface area contributed by atoms with Crippen molar-refractivity contribution in [3.05, 3.63) is 211 Å². The topological polar surface area (TPSA) is 21.3 Å². The lowest BCUT2D eigenvalue weighted by Crippen LogP contribution is -2.10. The van der Waals surface area contributed by atoms with Crippen molar-refractivity contribution >= 4 is 77.2 Å². The van der Waals surface area contributed by atoms with Crippen LogP contribution in [0.4, 0.5) is 17.1 Å². The van der Waals surface area contributed by atoms with Crippen molar-refractivity contribution in [3.63, 3.8) is 0 Å². The molecule has 0 amide bonds. The van der Waals surface area contributed by atoms with Gasteiger partial charge in [0.2, 0.25) is 0 Å². The Hall–Kier alpha value is -7.10. The first-order valence-corrected chi connectivity index (χ1v) is 19.0. The third-order valence-corrected chi connectivity index (χ3v) is 11.3. The molecule has 0 radical (unpaired) electrons. The molecule has 1 unspecified atom stereocenters. The summed E-state index contributed by atoms with van der Waals surface area (Å²) >= 11 is 0. The molecule has 2 heterocycles. The number of furan rings is 1. The standard InChI is InChI=1S/C52H36N2O/c1-2-11-35(12-3-1)36-21-23-37(24-22-36)38-25-28-40(29-26-38)53(43-30-32-47-48-31-27-39-13-4-5-16-44(39)52(48)55-51(47)34-43)41-14-10-15-42(33-41)54-49-19-8-6-17-45(49)46-18-7-9-20-50(46)54/h1-21,23-34,36H,22H2. The second-order valence-corrected chi connectivity index (χ2v) is 14.5. The van der Waals surface area contributed by atoms with Crippen LogP contribution in [0.1, 0.15) is 23.5 Å². The Bertz CT molecular complexity index is 3070. The van der Waals surface area contributed by atoms with Gasteiger partial charge in [-0.1, -0.05) is 133 Å². The molecule has 11 rings (SSSR count). The van der Waals surface area contributed by atoms with E-state index >= 15 is 0 Å². The summed E-state index contributed by atoms with van der Waals surface area (Å²) in [5.41, 5.74) is 12.3. The van der Waals surface area contributed by atoms with Crippen molar-refractivity contribution in [1.29, 1.82) is 0 Å². The number of rotatable bonds is 6. The number of hydrogen-bond donors (Lipinski definition) is 0. The molecule has 0 saturated carbocycles. The van der Waals surface area contributed by atoms with Crippen LogP contribution in [-0.2, 0) is 0 Å². The lowest BCUT2D eigenvalue weighted by atomic mass is 9.88. The van der Waals surface area contributed by atoms with Crippen LogP contribution in [0.25, 0.3) is 65.8 Å². The quantitative estimate of drug-likeness (QED) is 0.172. The van der Waals surface area contributed by atoms with E-state index in [1.807, 2.05) is 0 Å². The van der Waals surface area contributed by atoms with Crippen molar-refractivity contribution in [2.75, 3.05) is 4.90 Å². The zero-order valence-electron chi connectivity index (χ0n) is 30.1. The summed E-state index contributed by atoms with van der Waals surface area (Å²) in [5, 5.41) is 7.05. The van der Waals surface area contributed by atoms with E-state index in [1.54, 1.807) is 0 Å². The summed E-state index contributed by atoms with van der Waals surface area (Å²) in [6.07, 6.45) is 7.99. The van der Waals surface area contributed by atoms with E-state index < -0.39 is 0 Å². The van der Waals surface area contributed by atoms with Crippen LogP contribution >= 0.6 is 0 Å². The molecule has 3 nitrogen and oxygen atoms in total. The van der Waals surface area contributed by atoms with Gasteiger partial charge in [-0.3, -0.25) is 0 Å². The Kier molecular flexibility index (Phi) is 7.31. The van der Waals surface area contributed by atoms with E-state index in [0.29, 0.717) is 5.92 Å². The minimum Gasteiger partial charge on any atom is -0.455 e. The number of hydrogen-bond acceptors (Lipinski definition) is 2. The Balaban J connectivity index is 1.04. The smallest absolute Gasteiger partial charge is 0.143 e. The fourth-order valence-corrected chi connectivity index (χ4v) is 8.64. The number of benzene rings is 8.